The van der Waals surface area contributed by atoms with Gasteiger partial charge in [-0.05, 0) is 25.7 Å². The van der Waals surface area contributed by atoms with Crippen molar-refractivity contribution in [2.24, 2.45) is 7.05 Å². The van der Waals surface area contributed by atoms with Gasteiger partial charge in [0.25, 0.3) is 5.56 Å². The number of pyridine rings is 1. The molecule has 0 bridgehead atoms. The Labute approximate surface area is 177 Å². The molecule has 0 fully saturated rings. The topological polar surface area (TPSA) is 96.2 Å². The zero-order valence-electron chi connectivity index (χ0n) is 16.6. The number of anilines is 1. The minimum atomic E-state index is -0.184. The van der Waals surface area contributed by atoms with Gasteiger partial charge in [-0.2, -0.15) is 11.8 Å². The molecule has 2 N–H and O–H groups in total. The number of nitrogens with one attached hydrogen (secondary N) is 1. The highest BCUT2D eigenvalue weighted by Crippen LogP contribution is 2.19. The van der Waals surface area contributed by atoms with Crippen LogP contribution in [0.4, 0.5) is 5.95 Å². The molecule has 29 heavy (non-hydrogen) atoms. The lowest BCUT2D eigenvalue weighted by Gasteiger charge is -2.11. The molecule has 0 unspecified atom stereocenters. The minimum absolute atomic E-state index is 0.127. The molecule has 8 nitrogen and oxygen atoms in total. The van der Waals surface area contributed by atoms with Crippen molar-refractivity contribution in [1.29, 1.82) is 0 Å². The van der Waals surface area contributed by atoms with Crippen LogP contribution < -0.4 is 10.9 Å². The maximum absolute atomic E-state index is 12.6. The molecular formula is C19H24N6O2S2. The summed E-state index contributed by atoms with van der Waals surface area (Å²) in [7, 11) is 5.75. The molecule has 0 atom stereocenters. The lowest BCUT2D eigenvalue weighted by Crippen LogP contribution is -2.24. The quantitative estimate of drug-likeness (QED) is 0.498. The van der Waals surface area contributed by atoms with Crippen molar-refractivity contribution < 1.29 is 5.11 Å². The molecule has 10 heteroatoms. The molecule has 0 aliphatic carbocycles. The highest BCUT2D eigenvalue weighted by Gasteiger charge is 2.10. The Morgan fingerprint density at radius 1 is 1.34 bits per heavy atom. The van der Waals surface area contributed by atoms with Crippen molar-refractivity contribution in [1.82, 2.24) is 24.4 Å². The summed E-state index contributed by atoms with van der Waals surface area (Å²) in [5.41, 5.74) is 1.93. The van der Waals surface area contributed by atoms with Gasteiger partial charge in [0.05, 0.1) is 11.3 Å². The summed E-state index contributed by atoms with van der Waals surface area (Å²) in [6.45, 7) is 1.56. The molecule has 0 saturated heterocycles. The maximum atomic E-state index is 12.6. The van der Waals surface area contributed by atoms with Crippen molar-refractivity contribution in [2.75, 3.05) is 31.7 Å². The van der Waals surface area contributed by atoms with Crippen LogP contribution in [-0.4, -0.2) is 55.9 Å². The third kappa shape index (κ3) is 5.78. The normalized spacial score (nSPS) is 11.2. The molecule has 0 radical (unpaired) electrons. The zero-order chi connectivity index (χ0) is 20.8. The van der Waals surface area contributed by atoms with E-state index in [0.29, 0.717) is 23.6 Å². The average Bonchev–Trinajstić information content (AvgIpc) is 3.11. The predicted octanol–water partition coefficient (Wildman–Crippen LogP) is 2.41. The van der Waals surface area contributed by atoms with Crippen LogP contribution in [0.2, 0.25) is 0 Å². The minimum Gasteiger partial charge on any atom is -0.493 e. The van der Waals surface area contributed by atoms with Crippen LogP contribution >= 0.6 is 23.1 Å². The monoisotopic (exact) mass is 432 g/mol. The van der Waals surface area contributed by atoms with Crippen molar-refractivity contribution in [3.8, 4) is 17.0 Å². The van der Waals surface area contributed by atoms with Gasteiger partial charge in [0.15, 0.2) is 0 Å². The summed E-state index contributed by atoms with van der Waals surface area (Å²) < 4.78 is 1.48. The van der Waals surface area contributed by atoms with Crippen molar-refractivity contribution in [3.63, 3.8) is 0 Å². The predicted molar refractivity (Wildman–Crippen MR) is 119 cm³/mol. The number of thiazole rings is 1. The lowest BCUT2D eigenvalue weighted by molar-refractivity contribution is 0.401. The van der Waals surface area contributed by atoms with E-state index >= 15 is 0 Å². The van der Waals surface area contributed by atoms with Crippen molar-refractivity contribution in [3.05, 3.63) is 51.0 Å². The van der Waals surface area contributed by atoms with Gasteiger partial charge in [0.1, 0.15) is 5.01 Å². The number of aromatic nitrogens is 4. The van der Waals surface area contributed by atoms with Gasteiger partial charge in [-0.15, -0.1) is 11.3 Å². The van der Waals surface area contributed by atoms with E-state index in [1.165, 1.54) is 23.0 Å². The first-order valence-corrected chi connectivity index (χ1v) is 11.1. The Morgan fingerprint density at radius 2 is 2.17 bits per heavy atom. The molecule has 3 aromatic rings. The second-order valence-corrected chi connectivity index (χ2v) is 8.76. The Balaban J connectivity index is 1.51. The summed E-state index contributed by atoms with van der Waals surface area (Å²) in [6, 6.07) is 3.12. The molecule has 3 rings (SSSR count). The number of nitrogens with zero attached hydrogens (tertiary/aromatic N) is 5. The van der Waals surface area contributed by atoms with Crippen LogP contribution in [0.5, 0.6) is 5.88 Å². The van der Waals surface area contributed by atoms with Gasteiger partial charge in [-0.3, -0.25) is 9.36 Å². The molecule has 0 amide bonds. The van der Waals surface area contributed by atoms with Gasteiger partial charge < -0.3 is 15.3 Å². The Hall–Kier alpha value is -2.43. The van der Waals surface area contributed by atoms with Crippen LogP contribution in [0.3, 0.4) is 0 Å². The van der Waals surface area contributed by atoms with E-state index < -0.39 is 0 Å². The molecule has 3 aromatic heterocycles. The summed E-state index contributed by atoms with van der Waals surface area (Å²) in [4.78, 5) is 27.5. The standard InChI is InChI=1S/C19H24N6O2S2/c1-24(2)10-17-23-14(12-29-17)11-28-7-6-21-19-22-9-15(18(27)25(19)3)13-4-5-20-16(26)8-13/h4-5,8-9,12H,6-7,10-11H2,1-3H3,(H,20,26)(H,21,22). The van der Waals surface area contributed by atoms with Crippen molar-refractivity contribution >= 4 is 29.0 Å². The smallest absolute Gasteiger partial charge is 0.262 e. The summed E-state index contributed by atoms with van der Waals surface area (Å²) in [5.74, 6) is 2.12. The van der Waals surface area contributed by atoms with Gasteiger partial charge in [-0.25, -0.2) is 15.0 Å². The van der Waals surface area contributed by atoms with E-state index in [1.807, 2.05) is 14.1 Å². The van der Waals surface area contributed by atoms with E-state index in [4.69, 9.17) is 0 Å². The fourth-order valence-electron chi connectivity index (χ4n) is 2.66. The first-order chi connectivity index (χ1) is 13.9. The lowest BCUT2D eigenvalue weighted by atomic mass is 10.1. The summed E-state index contributed by atoms with van der Waals surface area (Å²) in [6.07, 6.45) is 2.98. The maximum Gasteiger partial charge on any atom is 0.262 e. The first-order valence-electron chi connectivity index (χ1n) is 9.05. The average molecular weight is 433 g/mol. The van der Waals surface area contributed by atoms with Gasteiger partial charge in [-0.1, -0.05) is 0 Å². The second kappa shape index (κ2) is 9.86. The van der Waals surface area contributed by atoms with Crippen LogP contribution in [0, 0.1) is 0 Å². The summed E-state index contributed by atoms with van der Waals surface area (Å²) in [5, 5.41) is 16.0. The van der Waals surface area contributed by atoms with Gasteiger partial charge >= 0.3 is 0 Å². The number of hydrogen-bond acceptors (Lipinski definition) is 9. The fourth-order valence-corrected chi connectivity index (χ4v) is 4.43. The van der Waals surface area contributed by atoms with E-state index in [1.54, 1.807) is 36.2 Å². The van der Waals surface area contributed by atoms with Crippen molar-refractivity contribution in [2.45, 2.75) is 12.3 Å². The fraction of sp³-hybridized carbons (Fsp3) is 0.368. The highest BCUT2D eigenvalue weighted by molar-refractivity contribution is 7.98. The van der Waals surface area contributed by atoms with Crippen LogP contribution in [0.25, 0.3) is 11.1 Å². The van der Waals surface area contributed by atoms with E-state index in [-0.39, 0.29) is 11.4 Å². The number of hydrogen-bond donors (Lipinski definition) is 2. The second-order valence-electron chi connectivity index (χ2n) is 6.71. The molecule has 0 aliphatic rings. The van der Waals surface area contributed by atoms with Gasteiger partial charge in [0, 0.05) is 55.5 Å². The van der Waals surface area contributed by atoms with Gasteiger partial charge in [0.2, 0.25) is 11.8 Å². The van der Waals surface area contributed by atoms with Crippen LogP contribution in [0.15, 0.2) is 34.7 Å². The SMILES string of the molecule is CN(C)Cc1nc(CSCCNc2ncc(-c3ccnc(O)c3)c(=O)n2C)cs1. The highest BCUT2D eigenvalue weighted by atomic mass is 32.2. The number of thioether (sulfide) groups is 1. The first kappa shape index (κ1) is 21.3. The van der Waals surface area contributed by atoms with E-state index in [9.17, 15) is 9.90 Å². The number of aromatic hydroxyl groups is 1. The van der Waals surface area contributed by atoms with E-state index in [2.05, 4.69) is 30.5 Å². The Morgan fingerprint density at radius 3 is 2.93 bits per heavy atom. The molecule has 154 valence electrons. The van der Waals surface area contributed by atoms with Crippen LogP contribution in [-0.2, 0) is 19.3 Å². The molecule has 0 aliphatic heterocycles. The largest absolute Gasteiger partial charge is 0.493 e. The Kier molecular flexibility index (Phi) is 7.24. The molecule has 0 spiro atoms. The third-order valence-electron chi connectivity index (χ3n) is 4.06. The molecule has 0 saturated carbocycles. The molecule has 0 aromatic carbocycles. The molecule has 3 heterocycles. The summed E-state index contributed by atoms with van der Waals surface area (Å²) >= 11 is 3.48. The molecular weight excluding hydrogens is 408 g/mol. The number of rotatable bonds is 9. The third-order valence-corrected chi connectivity index (χ3v) is 5.93. The zero-order valence-corrected chi connectivity index (χ0v) is 18.3. The van der Waals surface area contributed by atoms with E-state index in [0.717, 1.165) is 28.8 Å². The Bertz CT molecular complexity index is 1020. The van der Waals surface area contributed by atoms with Crippen LogP contribution in [0.1, 0.15) is 10.7 Å².